The van der Waals surface area contributed by atoms with E-state index in [9.17, 15) is 4.79 Å². The number of thiazole rings is 1. The van der Waals surface area contributed by atoms with E-state index in [1.807, 2.05) is 41.1 Å². The van der Waals surface area contributed by atoms with Crippen LogP contribution >= 0.6 is 22.7 Å². The van der Waals surface area contributed by atoms with Gasteiger partial charge in [-0.05, 0) is 29.6 Å². The Hall–Kier alpha value is -2.64. The molecule has 0 saturated carbocycles. The Bertz CT molecular complexity index is 913. The minimum Gasteiger partial charge on any atom is -0.449 e. The number of hydrogen-bond acceptors (Lipinski definition) is 6. The van der Waals surface area contributed by atoms with Gasteiger partial charge >= 0.3 is 0 Å². The van der Waals surface area contributed by atoms with Crippen LogP contribution < -0.4 is 15.8 Å². The Balaban J connectivity index is 1.67. The summed E-state index contributed by atoms with van der Waals surface area (Å²) in [7, 11) is 0. The maximum absolute atomic E-state index is 12.2. The molecule has 0 fully saturated rings. The molecule has 1 amide bonds. The van der Waals surface area contributed by atoms with Gasteiger partial charge in [0.15, 0.2) is 16.6 Å². The van der Waals surface area contributed by atoms with E-state index in [2.05, 4.69) is 10.3 Å². The third-order valence-electron chi connectivity index (χ3n) is 3.31. The fourth-order valence-corrected chi connectivity index (χ4v) is 3.46. The molecule has 4 rings (SSSR count). The van der Waals surface area contributed by atoms with E-state index in [4.69, 9.17) is 10.5 Å². The number of ether oxygens (including phenoxy) is 1. The highest BCUT2D eigenvalue weighted by Crippen LogP contribution is 2.36. The number of fused-ring (bicyclic) bond motifs is 1. The lowest BCUT2D eigenvalue weighted by Gasteiger charge is -2.20. The highest BCUT2D eigenvalue weighted by molar-refractivity contribution is 7.13. The number of carbonyl (C=O) groups is 1. The predicted molar refractivity (Wildman–Crippen MR) is 93.5 cm³/mol. The summed E-state index contributed by atoms with van der Waals surface area (Å²) in [5.74, 6) is 0.630. The van der Waals surface area contributed by atoms with E-state index < -0.39 is 0 Å². The van der Waals surface area contributed by atoms with Crippen LogP contribution in [0.2, 0.25) is 0 Å². The largest absolute Gasteiger partial charge is 0.449 e. The van der Waals surface area contributed by atoms with E-state index in [-0.39, 0.29) is 11.7 Å². The number of hydrogen-bond donors (Lipinski definition) is 2. The summed E-state index contributed by atoms with van der Waals surface area (Å²) in [4.78, 5) is 17.4. The van der Waals surface area contributed by atoms with Crippen LogP contribution in [0, 0.1) is 0 Å². The van der Waals surface area contributed by atoms with E-state index in [0.29, 0.717) is 16.6 Å². The molecule has 23 heavy (non-hydrogen) atoms. The summed E-state index contributed by atoms with van der Waals surface area (Å²) in [6, 6.07) is 9.41. The van der Waals surface area contributed by atoms with Crippen molar-refractivity contribution in [2.75, 3.05) is 11.1 Å². The summed E-state index contributed by atoms with van der Waals surface area (Å²) in [6.07, 6.45) is 1.73. The van der Waals surface area contributed by atoms with Gasteiger partial charge in [0.2, 0.25) is 0 Å². The highest BCUT2D eigenvalue weighted by Gasteiger charge is 2.22. The number of amides is 1. The number of rotatable bonds is 2. The predicted octanol–water partition coefficient (Wildman–Crippen LogP) is 3.83. The maximum Gasteiger partial charge on any atom is 0.291 e. The molecule has 2 aromatic heterocycles. The first-order valence-corrected chi connectivity index (χ1v) is 8.55. The zero-order valence-corrected chi connectivity index (χ0v) is 13.4. The molecule has 0 aliphatic carbocycles. The zero-order valence-electron chi connectivity index (χ0n) is 11.8. The van der Waals surface area contributed by atoms with Crippen molar-refractivity contribution in [1.82, 2.24) is 4.98 Å². The highest BCUT2D eigenvalue weighted by atomic mass is 32.1. The molecule has 3 heterocycles. The minimum atomic E-state index is -0.263. The molecule has 0 unspecified atom stereocenters. The molecule has 0 saturated heterocycles. The molecule has 5 nitrogen and oxygen atoms in total. The summed E-state index contributed by atoms with van der Waals surface area (Å²) in [5, 5.41) is 7.20. The lowest BCUT2D eigenvalue weighted by atomic mass is 10.1. The molecule has 3 aromatic rings. The van der Waals surface area contributed by atoms with Crippen molar-refractivity contribution in [2.24, 2.45) is 0 Å². The average Bonchev–Trinajstić information content (AvgIpc) is 3.19. The van der Waals surface area contributed by atoms with E-state index >= 15 is 0 Å². The summed E-state index contributed by atoms with van der Waals surface area (Å²) >= 11 is 2.93. The van der Waals surface area contributed by atoms with E-state index in [1.165, 1.54) is 11.3 Å². The first kappa shape index (κ1) is 14.0. The topological polar surface area (TPSA) is 77.2 Å². The van der Waals surface area contributed by atoms with Crippen molar-refractivity contribution in [3.63, 3.8) is 0 Å². The van der Waals surface area contributed by atoms with E-state index in [0.717, 1.165) is 16.1 Å². The van der Waals surface area contributed by atoms with Crippen LogP contribution in [0.4, 0.5) is 10.8 Å². The molecule has 0 bridgehead atoms. The van der Waals surface area contributed by atoms with Crippen LogP contribution in [0.5, 0.6) is 5.75 Å². The molecule has 1 aliphatic rings. The van der Waals surface area contributed by atoms with Crippen LogP contribution in [-0.4, -0.2) is 10.9 Å². The quantitative estimate of drug-likeness (QED) is 0.695. The van der Waals surface area contributed by atoms with Crippen molar-refractivity contribution < 1.29 is 9.53 Å². The molecule has 0 atom stereocenters. The van der Waals surface area contributed by atoms with Gasteiger partial charge in [0.1, 0.15) is 0 Å². The number of anilines is 2. The number of thiophene rings is 1. The van der Waals surface area contributed by atoms with Gasteiger partial charge in [-0.2, -0.15) is 0 Å². The third-order valence-corrected chi connectivity index (χ3v) is 4.80. The van der Waals surface area contributed by atoms with Crippen molar-refractivity contribution in [3.05, 3.63) is 51.7 Å². The second-order valence-corrected chi connectivity index (χ2v) is 6.73. The lowest BCUT2D eigenvalue weighted by Crippen LogP contribution is -2.23. The Morgan fingerprint density at radius 3 is 2.91 bits per heavy atom. The van der Waals surface area contributed by atoms with Gasteiger partial charge in [-0.3, -0.25) is 4.79 Å². The molecule has 1 aromatic carbocycles. The van der Waals surface area contributed by atoms with Gasteiger partial charge in [0, 0.05) is 21.9 Å². The number of nitrogen functional groups attached to an aromatic ring is 1. The standard InChI is InChI=1S/C16H11N3O2S2/c17-16-19-12(8-23-16)9-3-4-13-11(6-9)18-15(20)14(21-13)7-10-2-1-5-22-10/h1-8H,(H2,17,19)(H,18,20)/b14-7+. The van der Waals surface area contributed by atoms with Crippen molar-refractivity contribution in [1.29, 1.82) is 0 Å². The van der Waals surface area contributed by atoms with Crippen LogP contribution in [0.3, 0.4) is 0 Å². The minimum absolute atomic E-state index is 0.263. The SMILES string of the molecule is Nc1nc(-c2ccc3c(c2)NC(=O)/C(=C\c2cccs2)O3)cs1. The van der Waals surface area contributed by atoms with Gasteiger partial charge in [-0.25, -0.2) is 4.98 Å². The van der Waals surface area contributed by atoms with Gasteiger partial charge in [-0.1, -0.05) is 6.07 Å². The van der Waals surface area contributed by atoms with Gasteiger partial charge < -0.3 is 15.8 Å². The van der Waals surface area contributed by atoms with Crippen LogP contribution in [0.1, 0.15) is 4.88 Å². The van der Waals surface area contributed by atoms with E-state index in [1.54, 1.807) is 17.4 Å². The number of nitrogens with two attached hydrogens (primary N) is 1. The van der Waals surface area contributed by atoms with Crippen LogP contribution in [0.25, 0.3) is 17.3 Å². The molecule has 3 N–H and O–H groups in total. The molecular weight excluding hydrogens is 330 g/mol. The fourth-order valence-electron chi connectivity index (χ4n) is 2.24. The van der Waals surface area contributed by atoms with Crippen LogP contribution in [0.15, 0.2) is 46.9 Å². The maximum atomic E-state index is 12.2. The molecule has 114 valence electrons. The Kier molecular flexibility index (Phi) is 3.36. The smallest absolute Gasteiger partial charge is 0.291 e. The first-order chi connectivity index (χ1) is 11.2. The van der Waals surface area contributed by atoms with Crippen LogP contribution in [-0.2, 0) is 4.79 Å². The van der Waals surface area contributed by atoms with Gasteiger partial charge in [0.25, 0.3) is 5.91 Å². The number of aromatic nitrogens is 1. The number of benzene rings is 1. The lowest BCUT2D eigenvalue weighted by molar-refractivity contribution is -0.115. The molecule has 1 aliphatic heterocycles. The second kappa shape index (κ2) is 5.53. The van der Waals surface area contributed by atoms with Crippen molar-refractivity contribution in [3.8, 4) is 17.0 Å². The summed E-state index contributed by atoms with van der Waals surface area (Å²) < 4.78 is 5.73. The van der Waals surface area contributed by atoms with Gasteiger partial charge in [0.05, 0.1) is 11.4 Å². The fraction of sp³-hybridized carbons (Fsp3) is 0. The number of nitrogens with one attached hydrogen (secondary N) is 1. The van der Waals surface area contributed by atoms with Crippen molar-refractivity contribution in [2.45, 2.75) is 0 Å². The molecular formula is C16H11N3O2S2. The molecule has 7 heteroatoms. The number of nitrogens with zero attached hydrogens (tertiary/aromatic N) is 1. The first-order valence-electron chi connectivity index (χ1n) is 6.79. The molecule has 0 radical (unpaired) electrons. The normalized spacial score (nSPS) is 15.1. The van der Waals surface area contributed by atoms with Crippen molar-refractivity contribution >= 4 is 45.5 Å². The monoisotopic (exact) mass is 341 g/mol. The zero-order chi connectivity index (χ0) is 15.8. The Labute approximate surface area is 140 Å². The number of carbonyl (C=O) groups excluding carboxylic acids is 1. The molecule has 0 spiro atoms. The van der Waals surface area contributed by atoms with Gasteiger partial charge in [-0.15, -0.1) is 22.7 Å². The second-order valence-electron chi connectivity index (χ2n) is 4.86. The third kappa shape index (κ3) is 2.71. The summed E-state index contributed by atoms with van der Waals surface area (Å²) in [6.45, 7) is 0. The summed E-state index contributed by atoms with van der Waals surface area (Å²) in [5.41, 5.74) is 7.95. The Morgan fingerprint density at radius 2 is 2.17 bits per heavy atom. The average molecular weight is 341 g/mol. The Morgan fingerprint density at radius 1 is 1.26 bits per heavy atom.